The van der Waals surface area contributed by atoms with Gasteiger partial charge in [0.15, 0.2) is 0 Å². The largest absolute Gasteiger partial charge is 0.462 e. The van der Waals surface area contributed by atoms with E-state index in [1.807, 2.05) is 0 Å². The van der Waals surface area contributed by atoms with E-state index >= 15 is 0 Å². The molecule has 20 heavy (non-hydrogen) atoms. The number of rotatable bonds is 3. The lowest BCUT2D eigenvalue weighted by Crippen LogP contribution is -2.47. The van der Waals surface area contributed by atoms with Crippen molar-refractivity contribution < 1.29 is 22.7 Å². The quantitative estimate of drug-likeness (QED) is 0.591. The fraction of sp³-hybridized carbons (Fsp3) is 0.929. The molecule has 0 aromatic carbocycles. The van der Waals surface area contributed by atoms with Gasteiger partial charge in [-0.15, -0.1) is 0 Å². The third-order valence-electron chi connectivity index (χ3n) is 4.88. The zero-order chi connectivity index (χ0) is 14.3. The number of fused-ring (bicyclic) bond motifs is 2. The number of cyclic esters (lactones) is 1. The first-order chi connectivity index (χ1) is 9.44. The van der Waals surface area contributed by atoms with Crippen LogP contribution in [0, 0.1) is 11.8 Å². The highest BCUT2D eigenvalue weighted by Crippen LogP contribution is 2.50. The van der Waals surface area contributed by atoms with Crippen molar-refractivity contribution in [2.75, 3.05) is 12.4 Å². The second kappa shape index (κ2) is 5.43. The Balaban J connectivity index is 1.78. The fourth-order valence-electron chi connectivity index (χ4n) is 4.09. The van der Waals surface area contributed by atoms with E-state index in [4.69, 9.17) is 4.74 Å². The van der Waals surface area contributed by atoms with Crippen molar-refractivity contribution in [3.05, 3.63) is 0 Å². The molecular weight excluding hydrogens is 289 g/mol. The molecule has 0 aromatic heterocycles. The van der Waals surface area contributed by atoms with E-state index in [1.165, 1.54) is 6.42 Å². The Morgan fingerprint density at radius 2 is 2.00 bits per heavy atom. The molecule has 0 spiro atoms. The molecule has 6 heteroatoms. The van der Waals surface area contributed by atoms with Gasteiger partial charge in [-0.1, -0.05) is 0 Å². The molecule has 0 aromatic rings. The number of ether oxygens (including phenoxy) is 1. The van der Waals surface area contributed by atoms with Crippen molar-refractivity contribution in [2.45, 2.75) is 55.2 Å². The summed E-state index contributed by atoms with van der Waals surface area (Å²) in [6.07, 6.45) is 1.30. The average molecular weight is 309 g/mol. The number of carbonyl (C=O) groups excluding carboxylic acids is 1. The Labute approximate surface area is 119 Å². The first-order valence-corrected chi connectivity index (χ1v) is 8.88. The highest BCUT2D eigenvalue weighted by atomic mass is 32.2. The summed E-state index contributed by atoms with van der Waals surface area (Å²) in [5.74, 6) is -0.152. The van der Waals surface area contributed by atoms with Crippen LogP contribution >= 0.6 is 0 Å². The van der Waals surface area contributed by atoms with Crippen molar-refractivity contribution in [3.8, 4) is 0 Å². The predicted octanol–water partition coefficient (Wildman–Crippen LogP) is 3.06. The van der Waals surface area contributed by atoms with Gasteiger partial charge in [0.2, 0.25) is 11.0 Å². The average Bonchev–Trinajstić information content (AvgIpc) is 2.98. The summed E-state index contributed by atoms with van der Waals surface area (Å²) in [5.41, 5.74) is 0. The van der Waals surface area contributed by atoms with E-state index in [1.54, 1.807) is 0 Å². The predicted molar refractivity (Wildman–Crippen MR) is 71.5 cm³/mol. The van der Waals surface area contributed by atoms with Crippen molar-refractivity contribution in [2.24, 2.45) is 11.8 Å². The molecule has 2 bridgehead atoms. The normalized spacial score (nSPS) is 38.9. The van der Waals surface area contributed by atoms with E-state index in [0.29, 0.717) is 31.3 Å². The molecule has 3 rings (SSSR count). The SMILES string of the molecule is O=C1OCCCC1[S+](CC(F)(F)F)C1CC2CCC1C2. The molecule has 114 valence electrons. The summed E-state index contributed by atoms with van der Waals surface area (Å²) in [4.78, 5) is 11.9. The van der Waals surface area contributed by atoms with E-state index in [-0.39, 0.29) is 11.2 Å². The smallest absolute Gasteiger partial charge is 0.433 e. The molecule has 2 saturated carbocycles. The maximum atomic E-state index is 12.9. The van der Waals surface area contributed by atoms with Crippen LogP contribution in [-0.4, -0.2) is 35.0 Å². The fourth-order valence-corrected chi connectivity index (χ4v) is 7.35. The Bertz CT molecular complexity index is 385. The van der Waals surface area contributed by atoms with Gasteiger partial charge < -0.3 is 4.74 Å². The molecule has 2 aliphatic carbocycles. The topological polar surface area (TPSA) is 26.3 Å². The summed E-state index contributed by atoms with van der Waals surface area (Å²) in [7, 11) is -0.885. The molecule has 3 aliphatic rings. The minimum Gasteiger partial charge on any atom is -0.462 e. The van der Waals surface area contributed by atoms with Crippen LogP contribution in [-0.2, 0) is 20.4 Å². The van der Waals surface area contributed by atoms with Crippen LogP contribution in [0.1, 0.15) is 38.5 Å². The van der Waals surface area contributed by atoms with Crippen LogP contribution in [0.25, 0.3) is 0 Å². The van der Waals surface area contributed by atoms with Crippen LogP contribution in [0.2, 0.25) is 0 Å². The maximum absolute atomic E-state index is 12.9. The van der Waals surface area contributed by atoms with Crippen LogP contribution in [0.5, 0.6) is 0 Å². The highest BCUT2D eigenvalue weighted by Gasteiger charge is 2.57. The van der Waals surface area contributed by atoms with E-state index < -0.39 is 28.1 Å². The van der Waals surface area contributed by atoms with Gasteiger partial charge in [-0.3, -0.25) is 0 Å². The second-order valence-corrected chi connectivity index (χ2v) is 8.64. The molecule has 5 unspecified atom stereocenters. The standard InChI is InChI=1S/C14H20F3O2S/c15-14(16,17)8-20(11-2-1-5-19-13(11)18)12-7-9-3-4-10(12)6-9/h9-12H,1-8H2/q+1. The summed E-state index contributed by atoms with van der Waals surface area (Å²) in [5, 5.41) is -0.402. The first-order valence-electron chi connectivity index (χ1n) is 7.36. The van der Waals surface area contributed by atoms with Gasteiger partial charge in [0.05, 0.1) is 6.61 Å². The lowest BCUT2D eigenvalue weighted by Gasteiger charge is -2.29. The molecule has 0 radical (unpaired) electrons. The highest BCUT2D eigenvalue weighted by molar-refractivity contribution is 7.98. The Kier molecular flexibility index (Phi) is 3.95. The van der Waals surface area contributed by atoms with Gasteiger partial charge in [0.25, 0.3) is 0 Å². The number of esters is 1. The van der Waals surface area contributed by atoms with E-state index in [9.17, 15) is 18.0 Å². The van der Waals surface area contributed by atoms with Crippen molar-refractivity contribution in [1.82, 2.24) is 0 Å². The van der Waals surface area contributed by atoms with Gasteiger partial charge in [-0.25, -0.2) is 4.79 Å². The molecule has 5 atom stereocenters. The van der Waals surface area contributed by atoms with Gasteiger partial charge in [-0.05, 0) is 38.0 Å². The second-order valence-electron chi connectivity index (χ2n) is 6.24. The molecular formula is C14H20F3O2S+. The third-order valence-corrected chi connectivity index (χ3v) is 8.05. The number of hydrogen-bond donors (Lipinski definition) is 0. The van der Waals surface area contributed by atoms with Crippen LogP contribution < -0.4 is 0 Å². The summed E-state index contributed by atoms with van der Waals surface area (Å²) in [6.45, 7) is 0.370. The summed E-state index contributed by atoms with van der Waals surface area (Å²) >= 11 is 0. The van der Waals surface area contributed by atoms with Gasteiger partial charge >= 0.3 is 12.1 Å². The molecule has 0 N–H and O–H groups in total. The van der Waals surface area contributed by atoms with Crippen molar-refractivity contribution >= 4 is 16.9 Å². The lowest BCUT2D eigenvalue weighted by atomic mass is 10.0. The lowest BCUT2D eigenvalue weighted by molar-refractivity contribution is -0.146. The number of alkyl halides is 3. The molecule has 1 heterocycles. The van der Waals surface area contributed by atoms with Crippen LogP contribution in [0.3, 0.4) is 0 Å². The molecule has 0 amide bonds. The molecule has 2 nitrogen and oxygen atoms in total. The van der Waals surface area contributed by atoms with E-state index in [0.717, 1.165) is 19.3 Å². The number of halogens is 3. The molecule has 1 saturated heterocycles. The monoisotopic (exact) mass is 309 g/mol. The minimum absolute atomic E-state index is 0.103. The third kappa shape index (κ3) is 2.95. The van der Waals surface area contributed by atoms with Crippen LogP contribution in [0.4, 0.5) is 13.2 Å². The first kappa shape index (κ1) is 14.5. The van der Waals surface area contributed by atoms with Crippen molar-refractivity contribution in [3.63, 3.8) is 0 Å². The number of hydrogen-bond acceptors (Lipinski definition) is 2. The minimum atomic E-state index is -4.18. The zero-order valence-electron chi connectivity index (χ0n) is 11.3. The van der Waals surface area contributed by atoms with E-state index in [2.05, 4.69) is 0 Å². The molecule has 1 aliphatic heterocycles. The Hall–Kier alpha value is -0.390. The maximum Gasteiger partial charge on any atom is 0.433 e. The Morgan fingerprint density at radius 1 is 1.20 bits per heavy atom. The number of carbonyl (C=O) groups is 1. The summed E-state index contributed by atoms with van der Waals surface area (Å²) in [6, 6.07) is 0. The van der Waals surface area contributed by atoms with Gasteiger partial charge in [0.1, 0.15) is 5.25 Å². The summed E-state index contributed by atoms with van der Waals surface area (Å²) < 4.78 is 43.8. The van der Waals surface area contributed by atoms with Crippen LogP contribution in [0.15, 0.2) is 0 Å². The molecule has 3 fully saturated rings. The zero-order valence-corrected chi connectivity index (χ0v) is 12.1. The Morgan fingerprint density at radius 3 is 2.55 bits per heavy atom. The van der Waals surface area contributed by atoms with Gasteiger partial charge in [-0.2, -0.15) is 13.2 Å². The van der Waals surface area contributed by atoms with Crippen molar-refractivity contribution in [1.29, 1.82) is 0 Å². The van der Waals surface area contributed by atoms with Gasteiger partial charge in [0, 0.05) is 23.2 Å².